The Morgan fingerprint density at radius 3 is 2.37 bits per heavy atom. The zero-order chi connectivity index (χ0) is 14.0. The minimum Gasteiger partial charge on any atom is -0.372 e. The third kappa shape index (κ3) is 2.63. The van der Waals surface area contributed by atoms with Crippen LogP contribution < -0.4 is 5.32 Å². The lowest BCUT2D eigenvalue weighted by Gasteiger charge is -2.27. The zero-order valence-electron chi connectivity index (χ0n) is 12.1. The second-order valence-electron chi connectivity index (χ2n) is 5.41. The van der Waals surface area contributed by atoms with Gasteiger partial charge < -0.3 is 10.1 Å². The summed E-state index contributed by atoms with van der Waals surface area (Å²) in [5.74, 6) is 2.01. The molecular formula is C14H22BrN3O. The number of nitrogens with zero attached hydrogens (tertiary/aromatic N) is 2. The molecule has 0 amide bonds. The Labute approximate surface area is 123 Å². The molecule has 4 nitrogen and oxygen atoms in total. The van der Waals surface area contributed by atoms with Gasteiger partial charge in [0.1, 0.15) is 11.4 Å². The summed E-state index contributed by atoms with van der Waals surface area (Å²) >= 11 is 3.60. The van der Waals surface area contributed by atoms with Gasteiger partial charge >= 0.3 is 0 Å². The summed E-state index contributed by atoms with van der Waals surface area (Å²) < 4.78 is 6.75. The molecule has 1 fully saturated rings. The van der Waals surface area contributed by atoms with Crippen LogP contribution in [-0.2, 0) is 10.3 Å². The van der Waals surface area contributed by atoms with Crippen molar-refractivity contribution >= 4 is 21.7 Å². The standard InChI is InChI=1S/C14H22BrN3O/c1-9(2)11-10(15)12(16-3)18-13(17-11)14(19-4)7-5-6-8-14/h9H,5-8H2,1-4H3,(H,16,17,18). The van der Waals surface area contributed by atoms with Gasteiger partial charge in [0.15, 0.2) is 5.82 Å². The summed E-state index contributed by atoms with van der Waals surface area (Å²) in [5.41, 5.74) is 0.744. The molecule has 1 heterocycles. The van der Waals surface area contributed by atoms with Gasteiger partial charge in [-0.15, -0.1) is 0 Å². The van der Waals surface area contributed by atoms with Crippen molar-refractivity contribution in [1.29, 1.82) is 0 Å². The third-order valence-corrected chi connectivity index (χ3v) is 4.65. The molecule has 0 aromatic carbocycles. The summed E-state index contributed by atoms with van der Waals surface area (Å²) in [7, 11) is 3.65. The molecule has 19 heavy (non-hydrogen) atoms. The molecule has 1 N–H and O–H groups in total. The zero-order valence-corrected chi connectivity index (χ0v) is 13.7. The Morgan fingerprint density at radius 1 is 1.26 bits per heavy atom. The molecule has 1 aliphatic carbocycles. The Hall–Kier alpha value is -0.680. The number of aromatic nitrogens is 2. The highest BCUT2D eigenvalue weighted by atomic mass is 79.9. The summed E-state index contributed by atoms with van der Waals surface area (Å²) in [5, 5.41) is 3.14. The fraction of sp³-hybridized carbons (Fsp3) is 0.714. The molecule has 1 aromatic heterocycles. The van der Waals surface area contributed by atoms with Gasteiger partial charge in [-0.05, 0) is 47.5 Å². The first-order valence-electron chi connectivity index (χ1n) is 6.85. The van der Waals surface area contributed by atoms with Crippen molar-refractivity contribution in [1.82, 2.24) is 9.97 Å². The van der Waals surface area contributed by atoms with Crippen molar-refractivity contribution in [3.05, 3.63) is 16.0 Å². The van der Waals surface area contributed by atoms with E-state index in [-0.39, 0.29) is 5.60 Å². The van der Waals surface area contributed by atoms with Crippen molar-refractivity contribution in [2.45, 2.75) is 51.0 Å². The van der Waals surface area contributed by atoms with E-state index in [1.165, 1.54) is 12.8 Å². The Bertz CT molecular complexity index is 456. The van der Waals surface area contributed by atoms with Crippen LogP contribution in [0.5, 0.6) is 0 Å². The highest BCUT2D eigenvalue weighted by Gasteiger charge is 2.39. The molecule has 0 aliphatic heterocycles. The van der Waals surface area contributed by atoms with Gasteiger partial charge in [-0.3, -0.25) is 0 Å². The number of ether oxygens (including phenoxy) is 1. The van der Waals surface area contributed by atoms with E-state index in [4.69, 9.17) is 9.72 Å². The summed E-state index contributed by atoms with van der Waals surface area (Å²) in [6.45, 7) is 4.29. The van der Waals surface area contributed by atoms with E-state index in [1.54, 1.807) is 7.11 Å². The van der Waals surface area contributed by atoms with Gasteiger partial charge in [-0.25, -0.2) is 9.97 Å². The van der Waals surface area contributed by atoms with Gasteiger partial charge in [0, 0.05) is 14.2 Å². The van der Waals surface area contributed by atoms with Gasteiger partial charge in [-0.2, -0.15) is 0 Å². The minimum absolute atomic E-state index is 0.296. The maximum atomic E-state index is 5.79. The van der Waals surface area contributed by atoms with Crippen LogP contribution in [0, 0.1) is 0 Å². The second kappa shape index (κ2) is 5.75. The van der Waals surface area contributed by atoms with Crippen molar-refractivity contribution in [3.8, 4) is 0 Å². The van der Waals surface area contributed by atoms with E-state index in [0.29, 0.717) is 5.92 Å². The Balaban J connectivity index is 2.54. The fourth-order valence-corrected chi connectivity index (χ4v) is 3.51. The van der Waals surface area contributed by atoms with Gasteiger partial charge in [-0.1, -0.05) is 13.8 Å². The number of anilines is 1. The minimum atomic E-state index is -0.296. The lowest BCUT2D eigenvalue weighted by molar-refractivity contribution is -0.0164. The van der Waals surface area contributed by atoms with Crippen molar-refractivity contribution in [2.75, 3.05) is 19.5 Å². The monoisotopic (exact) mass is 327 g/mol. The predicted molar refractivity (Wildman–Crippen MR) is 80.5 cm³/mol. The molecule has 1 aliphatic rings. The highest BCUT2D eigenvalue weighted by Crippen LogP contribution is 2.41. The van der Waals surface area contributed by atoms with Crippen LogP contribution in [0.1, 0.15) is 57.0 Å². The number of rotatable bonds is 4. The molecule has 0 saturated heterocycles. The fourth-order valence-electron chi connectivity index (χ4n) is 2.68. The summed E-state index contributed by atoms with van der Waals surface area (Å²) in [4.78, 5) is 9.45. The second-order valence-corrected chi connectivity index (χ2v) is 6.20. The van der Waals surface area contributed by atoms with E-state index in [0.717, 1.165) is 34.7 Å². The first kappa shape index (κ1) is 14.7. The van der Waals surface area contributed by atoms with Gasteiger partial charge in [0.05, 0.1) is 10.2 Å². The maximum absolute atomic E-state index is 5.79. The molecule has 5 heteroatoms. The lowest BCUT2D eigenvalue weighted by atomic mass is 10.00. The first-order chi connectivity index (χ1) is 9.04. The first-order valence-corrected chi connectivity index (χ1v) is 7.64. The molecule has 0 atom stereocenters. The number of nitrogens with one attached hydrogen (secondary N) is 1. The van der Waals surface area contributed by atoms with Crippen LogP contribution in [0.4, 0.5) is 5.82 Å². The van der Waals surface area contributed by atoms with Crippen LogP contribution in [0.25, 0.3) is 0 Å². The number of methoxy groups -OCH3 is 1. The molecule has 1 saturated carbocycles. The molecule has 0 bridgehead atoms. The molecule has 0 spiro atoms. The van der Waals surface area contributed by atoms with Crippen LogP contribution >= 0.6 is 15.9 Å². The largest absolute Gasteiger partial charge is 0.372 e. The topological polar surface area (TPSA) is 47.0 Å². The Morgan fingerprint density at radius 2 is 1.89 bits per heavy atom. The van der Waals surface area contributed by atoms with E-state index >= 15 is 0 Å². The molecule has 2 rings (SSSR count). The summed E-state index contributed by atoms with van der Waals surface area (Å²) in [6.07, 6.45) is 4.37. The van der Waals surface area contributed by atoms with Gasteiger partial charge in [0.2, 0.25) is 0 Å². The van der Waals surface area contributed by atoms with E-state index < -0.39 is 0 Å². The maximum Gasteiger partial charge on any atom is 0.162 e. The van der Waals surface area contributed by atoms with Crippen LogP contribution in [-0.4, -0.2) is 24.1 Å². The van der Waals surface area contributed by atoms with Crippen LogP contribution in [0.15, 0.2) is 4.47 Å². The SMILES string of the molecule is CNc1nc(C2(OC)CCCC2)nc(C(C)C)c1Br. The Kier molecular flexibility index (Phi) is 4.46. The quantitative estimate of drug-likeness (QED) is 0.913. The smallest absolute Gasteiger partial charge is 0.162 e. The number of hydrogen-bond acceptors (Lipinski definition) is 4. The van der Waals surface area contributed by atoms with Crippen LogP contribution in [0.2, 0.25) is 0 Å². The van der Waals surface area contributed by atoms with E-state index in [1.807, 2.05) is 7.05 Å². The van der Waals surface area contributed by atoms with Crippen LogP contribution in [0.3, 0.4) is 0 Å². The molecule has 0 unspecified atom stereocenters. The molecular weight excluding hydrogens is 306 g/mol. The molecule has 0 radical (unpaired) electrons. The molecule has 1 aromatic rings. The number of hydrogen-bond donors (Lipinski definition) is 1. The predicted octanol–water partition coefficient (Wildman–Crippen LogP) is 3.82. The van der Waals surface area contributed by atoms with Gasteiger partial charge in [0.25, 0.3) is 0 Å². The normalized spacial score (nSPS) is 18.0. The molecule has 106 valence electrons. The van der Waals surface area contributed by atoms with Crippen molar-refractivity contribution in [2.24, 2.45) is 0 Å². The lowest BCUT2D eigenvalue weighted by Crippen LogP contribution is -2.28. The van der Waals surface area contributed by atoms with Crippen molar-refractivity contribution in [3.63, 3.8) is 0 Å². The average Bonchev–Trinajstić information content (AvgIpc) is 2.88. The van der Waals surface area contributed by atoms with E-state index in [9.17, 15) is 0 Å². The average molecular weight is 328 g/mol. The number of halogens is 1. The third-order valence-electron chi connectivity index (χ3n) is 3.87. The highest BCUT2D eigenvalue weighted by molar-refractivity contribution is 9.10. The van der Waals surface area contributed by atoms with Crippen molar-refractivity contribution < 1.29 is 4.74 Å². The summed E-state index contributed by atoms with van der Waals surface area (Å²) in [6, 6.07) is 0. The van der Waals surface area contributed by atoms with E-state index in [2.05, 4.69) is 40.1 Å².